The first-order valence-electron chi connectivity index (χ1n) is 4.67. The van der Waals surface area contributed by atoms with Gasteiger partial charge in [-0.1, -0.05) is 0 Å². The molecule has 0 aromatic rings. The topological polar surface area (TPSA) is 30.5 Å². The summed E-state index contributed by atoms with van der Waals surface area (Å²) in [5, 5.41) is 3.20. The van der Waals surface area contributed by atoms with Gasteiger partial charge in [-0.05, 0) is 14.0 Å². The van der Waals surface area contributed by atoms with Crippen LogP contribution >= 0.6 is 0 Å². The quantitative estimate of drug-likeness (QED) is 0.652. The number of hydrogen-bond acceptors (Lipinski definition) is 3. The summed E-state index contributed by atoms with van der Waals surface area (Å²) >= 11 is 0. The molecule has 1 heterocycles. The van der Waals surface area contributed by atoms with Crippen LogP contribution in [0.3, 0.4) is 0 Å². The molecule has 0 aromatic heterocycles. The van der Waals surface area contributed by atoms with E-state index in [9.17, 15) is 0 Å². The molecule has 1 N–H and O–H groups in total. The first-order valence-corrected chi connectivity index (χ1v) is 4.67. The van der Waals surface area contributed by atoms with Crippen LogP contribution in [0.1, 0.15) is 19.8 Å². The second kappa shape index (κ2) is 5.98. The average Bonchev–Trinajstić information content (AvgIpc) is 2.64. The van der Waals surface area contributed by atoms with Crippen molar-refractivity contribution in [2.24, 2.45) is 0 Å². The molecule has 1 rings (SSSR count). The van der Waals surface area contributed by atoms with E-state index >= 15 is 0 Å². The van der Waals surface area contributed by atoms with Gasteiger partial charge in [-0.25, -0.2) is 0 Å². The van der Waals surface area contributed by atoms with E-state index in [1.54, 1.807) is 0 Å². The molecular formula is C10H17NO2. The van der Waals surface area contributed by atoms with Crippen LogP contribution in [0.5, 0.6) is 0 Å². The van der Waals surface area contributed by atoms with Crippen molar-refractivity contribution in [2.75, 3.05) is 20.3 Å². The largest absolute Gasteiger partial charge is 0.350 e. The lowest BCUT2D eigenvalue weighted by atomic mass is 10.1. The maximum Gasteiger partial charge on any atom is 0.159 e. The number of rotatable bonds is 4. The van der Waals surface area contributed by atoms with Gasteiger partial charge in [0.2, 0.25) is 0 Å². The molecule has 0 aromatic carbocycles. The summed E-state index contributed by atoms with van der Waals surface area (Å²) < 4.78 is 10.7. The fourth-order valence-corrected chi connectivity index (χ4v) is 1.30. The molecule has 0 saturated carbocycles. The highest BCUT2D eigenvalue weighted by Crippen LogP contribution is 2.11. The van der Waals surface area contributed by atoms with Crippen molar-refractivity contribution in [3.63, 3.8) is 0 Å². The van der Waals surface area contributed by atoms with E-state index in [0.29, 0.717) is 6.04 Å². The molecule has 0 bridgehead atoms. The third-order valence-corrected chi connectivity index (χ3v) is 2.10. The fourth-order valence-electron chi connectivity index (χ4n) is 1.30. The lowest BCUT2D eigenvalue weighted by molar-refractivity contribution is -0.0520. The second-order valence-electron chi connectivity index (χ2n) is 3.02. The molecule has 0 radical (unpaired) electrons. The third kappa shape index (κ3) is 3.77. The van der Waals surface area contributed by atoms with Crippen LogP contribution < -0.4 is 5.32 Å². The van der Waals surface area contributed by atoms with Gasteiger partial charge in [-0.15, -0.1) is 11.8 Å². The summed E-state index contributed by atoms with van der Waals surface area (Å²) in [5.41, 5.74) is 0. The van der Waals surface area contributed by atoms with E-state index in [1.165, 1.54) is 0 Å². The molecule has 1 aliphatic heterocycles. The van der Waals surface area contributed by atoms with Gasteiger partial charge in [0.1, 0.15) is 0 Å². The Morgan fingerprint density at radius 1 is 1.46 bits per heavy atom. The maximum absolute atomic E-state index is 5.35. The zero-order valence-electron chi connectivity index (χ0n) is 8.30. The number of hydrogen-bond donors (Lipinski definition) is 1. The zero-order chi connectivity index (χ0) is 9.52. The first-order chi connectivity index (χ1) is 6.36. The van der Waals surface area contributed by atoms with Crippen molar-refractivity contribution in [1.29, 1.82) is 0 Å². The number of ether oxygens (including phenoxy) is 2. The van der Waals surface area contributed by atoms with Gasteiger partial charge in [0, 0.05) is 18.9 Å². The molecular weight excluding hydrogens is 166 g/mol. The predicted molar refractivity (Wildman–Crippen MR) is 51.2 cm³/mol. The van der Waals surface area contributed by atoms with E-state index < -0.39 is 0 Å². The van der Waals surface area contributed by atoms with Gasteiger partial charge in [0.05, 0.1) is 13.2 Å². The normalized spacial score (nSPS) is 19.5. The molecule has 0 amide bonds. The molecule has 1 unspecified atom stereocenters. The SMILES string of the molecule is CC#CCC(CC1OCCO1)NC. The molecule has 1 saturated heterocycles. The van der Waals surface area contributed by atoms with Crippen LogP contribution in [0, 0.1) is 11.8 Å². The van der Waals surface area contributed by atoms with Gasteiger partial charge in [-0.2, -0.15) is 0 Å². The summed E-state index contributed by atoms with van der Waals surface area (Å²) in [4.78, 5) is 0. The summed E-state index contributed by atoms with van der Waals surface area (Å²) in [6, 6.07) is 0.371. The van der Waals surface area contributed by atoms with E-state index in [4.69, 9.17) is 9.47 Å². The fraction of sp³-hybridized carbons (Fsp3) is 0.800. The minimum Gasteiger partial charge on any atom is -0.350 e. The molecule has 3 heteroatoms. The smallest absolute Gasteiger partial charge is 0.159 e. The average molecular weight is 183 g/mol. The Kier molecular flexibility index (Phi) is 4.84. The molecule has 1 atom stereocenters. The van der Waals surface area contributed by atoms with E-state index in [2.05, 4.69) is 17.2 Å². The Morgan fingerprint density at radius 3 is 2.69 bits per heavy atom. The van der Waals surface area contributed by atoms with Crippen LogP contribution in [0.4, 0.5) is 0 Å². The van der Waals surface area contributed by atoms with Gasteiger partial charge in [0.15, 0.2) is 6.29 Å². The molecule has 13 heavy (non-hydrogen) atoms. The summed E-state index contributed by atoms with van der Waals surface area (Å²) in [6.45, 7) is 3.30. The van der Waals surface area contributed by atoms with Crippen LogP contribution in [-0.2, 0) is 9.47 Å². The zero-order valence-corrected chi connectivity index (χ0v) is 8.30. The van der Waals surface area contributed by atoms with Crippen molar-refractivity contribution < 1.29 is 9.47 Å². The predicted octanol–water partition coefficient (Wildman–Crippen LogP) is 0.751. The molecule has 1 fully saturated rings. The van der Waals surface area contributed by atoms with Crippen LogP contribution in [-0.4, -0.2) is 32.6 Å². The van der Waals surface area contributed by atoms with Crippen molar-refractivity contribution in [3.05, 3.63) is 0 Å². The second-order valence-corrected chi connectivity index (χ2v) is 3.02. The monoisotopic (exact) mass is 183 g/mol. The highest BCUT2D eigenvalue weighted by atomic mass is 16.7. The van der Waals surface area contributed by atoms with Crippen LogP contribution in [0.15, 0.2) is 0 Å². The lowest BCUT2D eigenvalue weighted by Gasteiger charge is -2.16. The Labute approximate surface area is 79.8 Å². The Hall–Kier alpha value is -0.560. The van der Waals surface area contributed by atoms with E-state index in [1.807, 2.05) is 14.0 Å². The minimum atomic E-state index is -0.0314. The molecule has 0 spiro atoms. The van der Waals surface area contributed by atoms with E-state index in [-0.39, 0.29) is 6.29 Å². The number of nitrogens with one attached hydrogen (secondary N) is 1. The van der Waals surface area contributed by atoms with Gasteiger partial charge < -0.3 is 14.8 Å². The van der Waals surface area contributed by atoms with Crippen LogP contribution in [0.25, 0.3) is 0 Å². The first kappa shape index (κ1) is 10.5. The molecule has 1 aliphatic rings. The van der Waals surface area contributed by atoms with Gasteiger partial charge in [0.25, 0.3) is 0 Å². The summed E-state index contributed by atoms with van der Waals surface area (Å²) in [5.74, 6) is 5.94. The Morgan fingerprint density at radius 2 is 2.15 bits per heavy atom. The minimum absolute atomic E-state index is 0.0314. The van der Waals surface area contributed by atoms with Crippen molar-refractivity contribution >= 4 is 0 Å². The van der Waals surface area contributed by atoms with Crippen LogP contribution in [0.2, 0.25) is 0 Å². The maximum atomic E-state index is 5.35. The summed E-state index contributed by atoms with van der Waals surface area (Å²) in [7, 11) is 1.94. The van der Waals surface area contributed by atoms with Crippen molar-refractivity contribution in [2.45, 2.75) is 32.1 Å². The molecule has 0 aliphatic carbocycles. The van der Waals surface area contributed by atoms with Gasteiger partial charge >= 0.3 is 0 Å². The molecule has 74 valence electrons. The highest BCUT2D eigenvalue weighted by molar-refractivity contribution is 4.98. The lowest BCUT2D eigenvalue weighted by Crippen LogP contribution is -2.29. The van der Waals surface area contributed by atoms with Crippen molar-refractivity contribution in [3.8, 4) is 11.8 Å². The third-order valence-electron chi connectivity index (χ3n) is 2.10. The van der Waals surface area contributed by atoms with E-state index in [0.717, 1.165) is 26.1 Å². The summed E-state index contributed by atoms with van der Waals surface area (Å²) in [6.07, 6.45) is 1.71. The standard InChI is InChI=1S/C10H17NO2/c1-3-4-5-9(11-2)8-10-12-6-7-13-10/h9-11H,5-8H2,1-2H3. The highest BCUT2D eigenvalue weighted by Gasteiger charge is 2.19. The van der Waals surface area contributed by atoms with Gasteiger partial charge in [-0.3, -0.25) is 0 Å². The molecule has 3 nitrogen and oxygen atoms in total. The Bertz CT molecular complexity index is 189. The Balaban J connectivity index is 2.24. The van der Waals surface area contributed by atoms with Crippen molar-refractivity contribution in [1.82, 2.24) is 5.32 Å².